The van der Waals surface area contributed by atoms with Crippen LogP contribution in [0.2, 0.25) is 17.7 Å². The van der Waals surface area contributed by atoms with Gasteiger partial charge in [-0.2, -0.15) is 0 Å². The zero-order valence-electron chi connectivity index (χ0n) is 10.1. The summed E-state index contributed by atoms with van der Waals surface area (Å²) >= 11 is -2.06. The minimum absolute atomic E-state index is 0.0631. The molecule has 0 fully saturated rings. The van der Waals surface area contributed by atoms with Crippen LogP contribution in [0, 0.1) is 0 Å². The summed E-state index contributed by atoms with van der Waals surface area (Å²) in [4.78, 5) is 11.5. The molecule has 0 aliphatic carbocycles. The van der Waals surface area contributed by atoms with E-state index in [9.17, 15) is 4.79 Å². The quantitative estimate of drug-likeness (QED) is 0.532. The van der Waals surface area contributed by atoms with E-state index in [0.29, 0.717) is 6.61 Å². The molecular weight excluding hydrogens is 283 g/mol. The fraction of sp³-hybridized carbons (Fsp3) is 0.909. The Kier molecular flexibility index (Phi) is 7.69. The molecular formula is C11H24O2Sn. The molecule has 0 radical (unpaired) electrons. The second kappa shape index (κ2) is 7.55. The molecule has 0 heterocycles. The van der Waals surface area contributed by atoms with Crippen LogP contribution < -0.4 is 0 Å². The molecule has 0 atom stereocenters. The summed E-state index contributed by atoms with van der Waals surface area (Å²) in [6.45, 7) is 9.36. The predicted octanol–water partition coefficient (Wildman–Crippen LogP) is 3.45. The number of carbonyl (C=O) groups excluding carboxylic acids is 1. The van der Waals surface area contributed by atoms with Crippen molar-refractivity contribution >= 4 is 24.3 Å². The Labute approximate surface area is 92.3 Å². The van der Waals surface area contributed by atoms with Crippen molar-refractivity contribution in [3.05, 3.63) is 0 Å². The molecule has 0 amide bonds. The number of rotatable bonds is 7. The molecule has 0 N–H and O–H groups in total. The molecule has 0 saturated heterocycles. The summed E-state index contributed by atoms with van der Waals surface area (Å²) in [6.07, 6.45) is 0.929. The Morgan fingerprint density at radius 1 is 1.07 bits per heavy atom. The van der Waals surface area contributed by atoms with Crippen molar-refractivity contribution in [3.63, 3.8) is 0 Å². The van der Waals surface area contributed by atoms with Gasteiger partial charge in [-0.3, -0.25) is 0 Å². The van der Waals surface area contributed by atoms with Gasteiger partial charge in [0, 0.05) is 0 Å². The van der Waals surface area contributed by atoms with E-state index < -0.39 is 18.4 Å². The second-order valence-electron chi connectivity index (χ2n) is 3.96. The Hall–Kier alpha value is 0.269. The zero-order valence-corrected chi connectivity index (χ0v) is 12.9. The molecule has 0 aromatic rings. The first-order valence-corrected chi connectivity index (χ1v) is 13.9. The normalized spacial score (nSPS) is 11.4. The summed E-state index contributed by atoms with van der Waals surface area (Å²) in [5.74, 6) is 0.0631. The Bertz CT molecular complexity index is 156. The fourth-order valence-corrected chi connectivity index (χ4v) is 10.2. The molecule has 0 spiro atoms. The van der Waals surface area contributed by atoms with Crippen LogP contribution in [-0.2, 0) is 9.53 Å². The van der Waals surface area contributed by atoms with Gasteiger partial charge in [0.2, 0.25) is 0 Å². The standard InChI is InChI=1S/C5H9O2.3C2H5.Sn/c1-3-4-7-5(2)6;3*1-2;/h2-4H2,1H3;3*1H2,2H3;. The van der Waals surface area contributed by atoms with Crippen LogP contribution >= 0.6 is 0 Å². The molecule has 0 saturated carbocycles. The molecule has 0 aliphatic rings. The van der Waals surface area contributed by atoms with Gasteiger partial charge in [-0.05, 0) is 0 Å². The molecule has 0 aromatic carbocycles. The zero-order chi connectivity index (χ0) is 11.0. The van der Waals surface area contributed by atoms with Gasteiger partial charge in [0.15, 0.2) is 0 Å². The van der Waals surface area contributed by atoms with Gasteiger partial charge in [0.05, 0.1) is 0 Å². The molecule has 84 valence electrons. The number of carbonyl (C=O) groups is 1. The van der Waals surface area contributed by atoms with Crippen LogP contribution in [0.1, 0.15) is 34.1 Å². The summed E-state index contributed by atoms with van der Waals surface area (Å²) in [7, 11) is 0. The van der Waals surface area contributed by atoms with E-state index in [0.717, 1.165) is 10.9 Å². The topological polar surface area (TPSA) is 26.3 Å². The van der Waals surface area contributed by atoms with Crippen molar-refractivity contribution in [2.75, 3.05) is 6.61 Å². The first-order chi connectivity index (χ1) is 6.64. The van der Waals surface area contributed by atoms with Crippen molar-refractivity contribution in [2.24, 2.45) is 0 Å². The molecule has 2 nitrogen and oxygen atoms in total. The van der Waals surface area contributed by atoms with Crippen molar-refractivity contribution in [1.29, 1.82) is 0 Å². The van der Waals surface area contributed by atoms with Gasteiger partial charge in [0.1, 0.15) is 0 Å². The van der Waals surface area contributed by atoms with Gasteiger partial charge in [0.25, 0.3) is 0 Å². The van der Waals surface area contributed by atoms with E-state index in [1.54, 1.807) is 0 Å². The number of esters is 1. The summed E-state index contributed by atoms with van der Waals surface area (Å²) in [6, 6.07) is 0. The molecule has 0 bridgehead atoms. The molecule has 0 rings (SSSR count). The molecule has 3 heteroatoms. The van der Waals surface area contributed by atoms with E-state index in [4.69, 9.17) is 4.74 Å². The van der Waals surface area contributed by atoms with E-state index >= 15 is 0 Å². The Morgan fingerprint density at radius 3 is 1.93 bits per heavy atom. The molecule has 0 aliphatic heterocycles. The SMILES string of the molecule is CCCOC(=O)[CH2][Sn]([CH2]C)([CH2]C)[CH2]C. The molecule has 0 aromatic heterocycles. The predicted molar refractivity (Wildman–Crippen MR) is 63.3 cm³/mol. The van der Waals surface area contributed by atoms with Crippen molar-refractivity contribution < 1.29 is 9.53 Å². The third-order valence-electron chi connectivity index (χ3n) is 3.24. The van der Waals surface area contributed by atoms with Crippen molar-refractivity contribution in [2.45, 2.75) is 51.9 Å². The monoisotopic (exact) mass is 308 g/mol. The van der Waals surface area contributed by atoms with Gasteiger partial charge < -0.3 is 0 Å². The van der Waals surface area contributed by atoms with Crippen LogP contribution in [0.5, 0.6) is 0 Å². The van der Waals surface area contributed by atoms with Gasteiger partial charge in [-0.1, -0.05) is 0 Å². The molecule has 0 unspecified atom stereocenters. The first-order valence-electron chi connectivity index (χ1n) is 5.79. The fourth-order valence-electron chi connectivity index (χ4n) is 1.70. The summed E-state index contributed by atoms with van der Waals surface area (Å²) in [5.41, 5.74) is 0. The Balaban J connectivity index is 4.08. The summed E-state index contributed by atoms with van der Waals surface area (Å²) in [5, 5.41) is 0. The third-order valence-corrected chi connectivity index (χ3v) is 19.0. The maximum atomic E-state index is 11.5. The average molecular weight is 307 g/mol. The van der Waals surface area contributed by atoms with E-state index in [2.05, 4.69) is 20.8 Å². The third kappa shape index (κ3) is 4.67. The number of ether oxygens (including phenoxy) is 1. The van der Waals surface area contributed by atoms with Crippen LogP contribution in [0.15, 0.2) is 0 Å². The summed E-state index contributed by atoms with van der Waals surface area (Å²) < 4.78 is 9.76. The van der Waals surface area contributed by atoms with Crippen LogP contribution in [0.25, 0.3) is 0 Å². The maximum absolute atomic E-state index is 11.5. The van der Waals surface area contributed by atoms with Gasteiger partial charge in [-0.25, -0.2) is 0 Å². The van der Waals surface area contributed by atoms with Crippen molar-refractivity contribution in [1.82, 2.24) is 0 Å². The number of hydrogen-bond acceptors (Lipinski definition) is 2. The average Bonchev–Trinajstić information content (AvgIpc) is 2.23. The van der Waals surface area contributed by atoms with Crippen LogP contribution in [0.4, 0.5) is 0 Å². The van der Waals surface area contributed by atoms with E-state index in [-0.39, 0.29) is 5.97 Å². The van der Waals surface area contributed by atoms with Gasteiger partial charge >= 0.3 is 92.3 Å². The minimum atomic E-state index is -2.06. The van der Waals surface area contributed by atoms with Crippen LogP contribution in [0.3, 0.4) is 0 Å². The van der Waals surface area contributed by atoms with Crippen molar-refractivity contribution in [3.8, 4) is 0 Å². The Morgan fingerprint density at radius 2 is 1.57 bits per heavy atom. The van der Waals surface area contributed by atoms with Crippen LogP contribution in [-0.4, -0.2) is 31.0 Å². The van der Waals surface area contributed by atoms with E-state index in [1.165, 1.54) is 13.3 Å². The van der Waals surface area contributed by atoms with E-state index in [1.807, 2.05) is 6.92 Å². The second-order valence-corrected chi connectivity index (χ2v) is 19.6. The molecule has 14 heavy (non-hydrogen) atoms. The first kappa shape index (κ1) is 14.3. The van der Waals surface area contributed by atoms with Gasteiger partial charge in [-0.15, -0.1) is 0 Å². The number of hydrogen-bond donors (Lipinski definition) is 0.